The molecule has 2 aliphatic carbocycles. The van der Waals surface area contributed by atoms with E-state index in [1.54, 1.807) is 0 Å². The van der Waals surface area contributed by atoms with Crippen LogP contribution in [0.5, 0.6) is 0 Å². The summed E-state index contributed by atoms with van der Waals surface area (Å²) < 4.78 is 4.61. The predicted octanol–water partition coefficient (Wildman–Crippen LogP) is 5.15. The Morgan fingerprint density at radius 1 is 0.923 bits per heavy atom. The molecule has 0 heterocycles. The maximum Gasteiger partial charge on any atom is 0.293 e. The number of hydrogen-bond acceptors (Lipinski definition) is 3. The first-order valence-electron chi connectivity index (χ1n) is 11.1. The van der Waals surface area contributed by atoms with E-state index >= 15 is 0 Å². The van der Waals surface area contributed by atoms with Crippen LogP contribution in [0.3, 0.4) is 0 Å². The van der Waals surface area contributed by atoms with E-state index in [0.717, 1.165) is 25.2 Å². The Kier molecular flexibility index (Phi) is 10.1. The quantitative estimate of drug-likeness (QED) is 0.270. The second-order valence-electron chi connectivity index (χ2n) is 8.52. The normalized spacial score (nSPS) is 17.7. The Bertz CT molecular complexity index is 402. The first kappa shape index (κ1) is 21.2. The molecule has 1 N–H and O–H groups in total. The van der Waals surface area contributed by atoms with Crippen molar-refractivity contribution in [2.24, 2.45) is 11.3 Å². The van der Waals surface area contributed by atoms with Crippen molar-refractivity contribution in [3.63, 3.8) is 0 Å². The molecule has 0 spiro atoms. The molecule has 0 aromatic rings. The molecular formula is C22H39NO3. The number of carbonyl (C=O) groups is 2. The highest BCUT2D eigenvalue weighted by Crippen LogP contribution is 2.50. The van der Waals surface area contributed by atoms with Crippen molar-refractivity contribution in [2.45, 2.75) is 103 Å². The van der Waals surface area contributed by atoms with Crippen molar-refractivity contribution < 1.29 is 14.3 Å². The summed E-state index contributed by atoms with van der Waals surface area (Å²) in [5.41, 5.74) is -0.0956. The molecule has 0 bridgehead atoms. The van der Waals surface area contributed by atoms with Gasteiger partial charge in [-0.25, -0.2) is 0 Å². The van der Waals surface area contributed by atoms with Crippen molar-refractivity contribution in [1.82, 2.24) is 5.32 Å². The zero-order valence-corrected chi connectivity index (χ0v) is 16.6. The second kappa shape index (κ2) is 12.3. The summed E-state index contributed by atoms with van der Waals surface area (Å²) in [4.78, 5) is 22.3. The van der Waals surface area contributed by atoms with Crippen molar-refractivity contribution >= 4 is 12.4 Å². The summed E-state index contributed by atoms with van der Waals surface area (Å²) >= 11 is 0. The minimum Gasteiger partial charge on any atom is -0.466 e. The molecule has 0 aliphatic heterocycles. The molecule has 150 valence electrons. The molecule has 0 radical (unpaired) electrons. The third kappa shape index (κ3) is 9.05. The van der Waals surface area contributed by atoms with E-state index in [4.69, 9.17) is 0 Å². The number of nitrogens with one attached hydrogen (secondary N) is 1. The lowest BCUT2D eigenvalue weighted by Crippen LogP contribution is -2.34. The van der Waals surface area contributed by atoms with Crippen LogP contribution in [0.2, 0.25) is 0 Å². The maximum absolute atomic E-state index is 12.2. The molecule has 4 heteroatoms. The molecule has 0 aromatic carbocycles. The zero-order valence-electron chi connectivity index (χ0n) is 16.6. The topological polar surface area (TPSA) is 55.4 Å². The van der Waals surface area contributed by atoms with Gasteiger partial charge in [0.25, 0.3) is 6.47 Å². The Morgan fingerprint density at radius 2 is 1.50 bits per heavy atom. The molecule has 4 nitrogen and oxygen atoms in total. The number of hydrogen-bond donors (Lipinski definition) is 1. The van der Waals surface area contributed by atoms with Crippen LogP contribution in [0.4, 0.5) is 0 Å². The van der Waals surface area contributed by atoms with E-state index in [1.807, 2.05) is 0 Å². The van der Waals surface area contributed by atoms with Gasteiger partial charge in [0.2, 0.25) is 5.91 Å². The summed E-state index contributed by atoms with van der Waals surface area (Å²) in [6.45, 7) is 1.12. The molecule has 2 saturated carbocycles. The lowest BCUT2D eigenvalue weighted by molar-refractivity contribution is -0.131. The van der Waals surface area contributed by atoms with Gasteiger partial charge in [-0.05, 0) is 25.2 Å². The van der Waals surface area contributed by atoms with Gasteiger partial charge in [0.05, 0.1) is 6.54 Å². The van der Waals surface area contributed by atoms with Gasteiger partial charge in [-0.3, -0.25) is 9.59 Å². The fraction of sp³-hybridized carbons (Fsp3) is 0.909. The summed E-state index contributed by atoms with van der Waals surface area (Å²) in [7, 11) is 0. The summed E-state index contributed by atoms with van der Waals surface area (Å²) in [5, 5.41) is 2.90. The highest BCUT2D eigenvalue weighted by Gasteiger charge is 2.48. The molecule has 2 fully saturated rings. The molecule has 0 aromatic heterocycles. The minimum atomic E-state index is -0.0956. The van der Waals surface area contributed by atoms with Crippen LogP contribution in [0.25, 0.3) is 0 Å². The Morgan fingerprint density at radius 3 is 2.04 bits per heavy atom. The van der Waals surface area contributed by atoms with E-state index < -0.39 is 0 Å². The second-order valence-corrected chi connectivity index (χ2v) is 8.52. The summed E-state index contributed by atoms with van der Waals surface area (Å²) in [5.74, 6) is 1.26. The van der Waals surface area contributed by atoms with Crippen molar-refractivity contribution in [1.29, 1.82) is 0 Å². The average Bonchev–Trinajstić information content (AvgIpc) is 3.55. The molecule has 2 aliphatic rings. The van der Waals surface area contributed by atoms with Crippen LogP contribution in [-0.4, -0.2) is 25.5 Å². The summed E-state index contributed by atoms with van der Waals surface area (Å²) in [6, 6.07) is 0. The summed E-state index contributed by atoms with van der Waals surface area (Å²) in [6.07, 6.45) is 21.2. The van der Waals surface area contributed by atoms with Gasteiger partial charge in [0.1, 0.15) is 6.61 Å². The van der Waals surface area contributed by atoms with E-state index in [0.29, 0.717) is 13.0 Å². The first-order valence-corrected chi connectivity index (χ1v) is 11.1. The fourth-order valence-corrected chi connectivity index (χ4v) is 3.92. The van der Waals surface area contributed by atoms with Gasteiger partial charge in [-0.1, -0.05) is 83.5 Å². The number of carbonyl (C=O) groups excluding carboxylic acids is 2. The average molecular weight is 366 g/mol. The van der Waals surface area contributed by atoms with E-state index in [1.165, 1.54) is 83.5 Å². The highest BCUT2D eigenvalue weighted by molar-refractivity contribution is 5.85. The van der Waals surface area contributed by atoms with Gasteiger partial charge in [0, 0.05) is 5.41 Å². The third-order valence-corrected chi connectivity index (χ3v) is 6.12. The molecular weight excluding hydrogens is 326 g/mol. The Balaban J connectivity index is 1.33. The zero-order chi connectivity index (χ0) is 18.5. The van der Waals surface area contributed by atoms with Gasteiger partial charge in [-0.15, -0.1) is 0 Å². The third-order valence-electron chi connectivity index (χ3n) is 6.12. The van der Waals surface area contributed by atoms with E-state index in [-0.39, 0.29) is 17.9 Å². The molecule has 2 rings (SSSR count). The molecule has 0 atom stereocenters. The number of rotatable bonds is 18. The van der Waals surface area contributed by atoms with Gasteiger partial charge in [0.15, 0.2) is 0 Å². The fourth-order valence-electron chi connectivity index (χ4n) is 3.92. The van der Waals surface area contributed by atoms with Gasteiger partial charge >= 0.3 is 0 Å². The Hall–Kier alpha value is -1.06. The lowest BCUT2D eigenvalue weighted by atomic mass is 9.96. The first-order chi connectivity index (χ1) is 12.8. The van der Waals surface area contributed by atoms with Gasteiger partial charge < -0.3 is 10.1 Å². The monoisotopic (exact) mass is 365 g/mol. The predicted molar refractivity (Wildman–Crippen MR) is 105 cm³/mol. The number of ether oxygens (including phenoxy) is 1. The Labute approximate surface area is 159 Å². The van der Waals surface area contributed by atoms with Crippen molar-refractivity contribution in [2.75, 3.05) is 13.2 Å². The smallest absolute Gasteiger partial charge is 0.293 e. The van der Waals surface area contributed by atoms with E-state index in [9.17, 15) is 9.59 Å². The maximum atomic E-state index is 12.2. The van der Waals surface area contributed by atoms with Gasteiger partial charge in [-0.2, -0.15) is 0 Å². The molecule has 26 heavy (non-hydrogen) atoms. The van der Waals surface area contributed by atoms with E-state index in [2.05, 4.69) is 10.1 Å². The molecule has 1 amide bonds. The molecule has 0 saturated heterocycles. The largest absolute Gasteiger partial charge is 0.466 e. The number of unbranched alkanes of at least 4 members (excludes halogenated alkanes) is 9. The van der Waals surface area contributed by atoms with Crippen LogP contribution >= 0.6 is 0 Å². The van der Waals surface area contributed by atoms with Crippen LogP contribution < -0.4 is 5.32 Å². The highest BCUT2D eigenvalue weighted by atomic mass is 16.5. The van der Waals surface area contributed by atoms with Crippen molar-refractivity contribution in [3.8, 4) is 0 Å². The minimum absolute atomic E-state index is 0.0956. The van der Waals surface area contributed by atoms with Crippen LogP contribution in [0.1, 0.15) is 103 Å². The standard InChI is InChI=1S/C22H39NO3/c24-19-26-18-17-23-21(25)22(15-16-22)14-10-8-6-4-2-1-3-5-7-9-11-20-12-13-20/h19-20H,1-18H2,(H,23,25). The molecule has 0 unspecified atom stereocenters. The number of amides is 1. The lowest BCUT2D eigenvalue weighted by Gasteiger charge is -2.14. The SMILES string of the molecule is O=COCCNC(=O)C1(CCCCCCCCCCCCC2CC2)CC1. The van der Waals surface area contributed by atoms with Crippen LogP contribution in [0, 0.1) is 11.3 Å². The van der Waals surface area contributed by atoms with Crippen molar-refractivity contribution in [3.05, 3.63) is 0 Å². The van der Waals surface area contributed by atoms with Crippen LogP contribution in [-0.2, 0) is 14.3 Å². The van der Waals surface area contributed by atoms with Crippen LogP contribution in [0.15, 0.2) is 0 Å².